The summed E-state index contributed by atoms with van der Waals surface area (Å²) in [6.45, 7) is 2.02. The average molecular weight is 258 g/mol. The van der Waals surface area contributed by atoms with Crippen LogP contribution in [0.4, 0.5) is 10.8 Å². The van der Waals surface area contributed by atoms with Gasteiger partial charge < -0.3 is 16.0 Å². The molecule has 2 rings (SSSR count). The number of nitrogen functional groups attached to an aromatic ring is 1. The van der Waals surface area contributed by atoms with Crippen molar-refractivity contribution < 1.29 is 4.79 Å². The van der Waals surface area contributed by atoms with Gasteiger partial charge in [0.05, 0.1) is 11.4 Å². The first-order valence-electron chi connectivity index (χ1n) is 5.03. The Hall–Kier alpha value is -0.950. The molecule has 2 heterocycles. The molecule has 0 bridgehead atoms. The first-order valence-corrected chi connectivity index (χ1v) is 7.03. The van der Waals surface area contributed by atoms with E-state index in [2.05, 4.69) is 14.6 Å². The molecule has 3 N–H and O–H groups in total. The number of amides is 1. The fourth-order valence-corrected chi connectivity index (χ4v) is 3.37. The van der Waals surface area contributed by atoms with Gasteiger partial charge in [-0.15, -0.1) is 11.8 Å². The summed E-state index contributed by atoms with van der Waals surface area (Å²) in [5.74, 6) is 0.633. The average Bonchev–Trinajstić information content (AvgIpc) is 2.49. The minimum atomic E-state index is 0.0662. The minimum Gasteiger partial charge on any atom is -0.382 e. The van der Waals surface area contributed by atoms with Gasteiger partial charge in [0, 0.05) is 13.1 Å². The maximum absolute atomic E-state index is 11.5. The van der Waals surface area contributed by atoms with Crippen LogP contribution in [-0.2, 0) is 4.79 Å². The molecule has 0 spiro atoms. The number of nitrogens with zero attached hydrogens (tertiary/aromatic N) is 2. The van der Waals surface area contributed by atoms with E-state index in [4.69, 9.17) is 5.73 Å². The molecule has 1 amide bonds. The molecule has 1 aliphatic heterocycles. The molecular formula is C9H14N4OS2. The number of nitrogens with two attached hydrogens (primary N) is 1. The van der Waals surface area contributed by atoms with Crippen molar-refractivity contribution in [3.8, 4) is 0 Å². The second-order valence-corrected chi connectivity index (χ2v) is 5.10. The summed E-state index contributed by atoms with van der Waals surface area (Å²) in [4.78, 5) is 14.5. The van der Waals surface area contributed by atoms with Crippen LogP contribution >= 0.6 is 23.3 Å². The van der Waals surface area contributed by atoms with E-state index in [-0.39, 0.29) is 5.91 Å². The molecule has 7 heteroatoms. The number of nitrogens with one attached hydrogen (secondary N) is 1. The Morgan fingerprint density at radius 3 is 3.19 bits per heavy atom. The SMILES string of the molecule is CSc1c(N)nsc1N1CCCNC(=O)C1. The van der Waals surface area contributed by atoms with Gasteiger partial charge in [0.15, 0.2) is 5.82 Å². The van der Waals surface area contributed by atoms with Crippen LogP contribution in [0, 0.1) is 0 Å². The van der Waals surface area contributed by atoms with Crippen LogP contribution in [0.3, 0.4) is 0 Å². The molecule has 0 radical (unpaired) electrons. The summed E-state index contributed by atoms with van der Waals surface area (Å²) in [6, 6.07) is 0. The smallest absolute Gasteiger partial charge is 0.239 e. The number of aromatic nitrogens is 1. The summed E-state index contributed by atoms with van der Waals surface area (Å²) in [5, 5.41) is 3.87. The number of hydrogen-bond donors (Lipinski definition) is 2. The van der Waals surface area contributed by atoms with Crippen molar-refractivity contribution in [2.75, 3.05) is 36.5 Å². The van der Waals surface area contributed by atoms with Crippen molar-refractivity contribution in [2.24, 2.45) is 0 Å². The van der Waals surface area contributed by atoms with E-state index in [0.29, 0.717) is 12.4 Å². The van der Waals surface area contributed by atoms with Crippen molar-refractivity contribution >= 4 is 40.0 Å². The lowest BCUT2D eigenvalue weighted by Gasteiger charge is -2.19. The van der Waals surface area contributed by atoms with E-state index in [1.807, 2.05) is 6.26 Å². The second kappa shape index (κ2) is 4.92. The summed E-state index contributed by atoms with van der Waals surface area (Å²) < 4.78 is 4.14. The molecule has 5 nitrogen and oxygen atoms in total. The fourth-order valence-electron chi connectivity index (χ4n) is 1.66. The van der Waals surface area contributed by atoms with Gasteiger partial charge in [0.2, 0.25) is 5.91 Å². The van der Waals surface area contributed by atoms with Crippen LogP contribution in [0.15, 0.2) is 4.90 Å². The molecule has 1 aromatic heterocycles. The molecule has 0 atom stereocenters. The molecular weight excluding hydrogens is 244 g/mol. The Kier molecular flexibility index (Phi) is 3.55. The Labute approximate surface area is 103 Å². The first kappa shape index (κ1) is 11.5. The third-order valence-corrected chi connectivity index (χ3v) is 4.27. The lowest BCUT2D eigenvalue weighted by molar-refractivity contribution is -0.119. The van der Waals surface area contributed by atoms with Crippen LogP contribution < -0.4 is 16.0 Å². The summed E-state index contributed by atoms with van der Waals surface area (Å²) >= 11 is 2.95. The standard InChI is InChI=1S/C9H14N4OS2/c1-15-7-8(10)12-16-9(7)13-4-2-3-11-6(14)5-13/h2-5H2,1H3,(H2,10,12)(H,11,14). The van der Waals surface area contributed by atoms with E-state index in [1.54, 1.807) is 11.8 Å². The zero-order valence-electron chi connectivity index (χ0n) is 9.02. The minimum absolute atomic E-state index is 0.0662. The summed E-state index contributed by atoms with van der Waals surface area (Å²) in [7, 11) is 0. The maximum Gasteiger partial charge on any atom is 0.239 e. The van der Waals surface area contributed by atoms with Gasteiger partial charge in [-0.25, -0.2) is 0 Å². The zero-order valence-corrected chi connectivity index (χ0v) is 10.7. The first-order chi connectivity index (χ1) is 7.72. The van der Waals surface area contributed by atoms with Gasteiger partial charge in [-0.1, -0.05) is 0 Å². The normalized spacial score (nSPS) is 17.1. The monoisotopic (exact) mass is 258 g/mol. The molecule has 1 aliphatic rings. The number of anilines is 2. The molecule has 1 aromatic rings. The lowest BCUT2D eigenvalue weighted by atomic mass is 10.4. The van der Waals surface area contributed by atoms with E-state index < -0.39 is 0 Å². The van der Waals surface area contributed by atoms with E-state index in [0.717, 1.165) is 29.4 Å². The molecule has 16 heavy (non-hydrogen) atoms. The molecule has 0 unspecified atom stereocenters. The van der Waals surface area contributed by atoms with Gasteiger partial charge in [-0.05, 0) is 24.2 Å². The summed E-state index contributed by atoms with van der Waals surface area (Å²) in [5.41, 5.74) is 5.78. The van der Waals surface area contributed by atoms with Crippen molar-refractivity contribution in [3.63, 3.8) is 0 Å². The molecule has 88 valence electrons. The van der Waals surface area contributed by atoms with Crippen LogP contribution in [0.25, 0.3) is 0 Å². The van der Waals surface area contributed by atoms with Crippen molar-refractivity contribution in [1.29, 1.82) is 0 Å². The molecule has 0 aliphatic carbocycles. The number of rotatable bonds is 2. The van der Waals surface area contributed by atoms with Gasteiger partial charge in [0.1, 0.15) is 5.00 Å². The summed E-state index contributed by atoms with van der Waals surface area (Å²) in [6.07, 6.45) is 2.93. The maximum atomic E-state index is 11.5. The van der Waals surface area contributed by atoms with Crippen LogP contribution in [0.5, 0.6) is 0 Å². The molecule has 1 saturated heterocycles. The number of carbonyl (C=O) groups is 1. The van der Waals surface area contributed by atoms with Crippen molar-refractivity contribution in [3.05, 3.63) is 0 Å². The Morgan fingerprint density at radius 2 is 2.44 bits per heavy atom. The Morgan fingerprint density at radius 1 is 1.62 bits per heavy atom. The fraction of sp³-hybridized carbons (Fsp3) is 0.556. The van der Waals surface area contributed by atoms with Crippen LogP contribution in [0.1, 0.15) is 6.42 Å². The highest BCUT2D eigenvalue weighted by atomic mass is 32.2. The zero-order chi connectivity index (χ0) is 11.5. The highest BCUT2D eigenvalue weighted by Crippen LogP contribution is 2.37. The second-order valence-electron chi connectivity index (χ2n) is 3.53. The van der Waals surface area contributed by atoms with Crippen LogP contribution in [0.2, 0.25) is 0 Å². The quantitative estimate of drug-likeness (QED) is 0.767. The van der Waals surface area contributed by atoms with Crippen molar-refractivity contribution in [1.82, 2.24) is 9.69 Å². The highest BCUT2D eigenvalue weighted by molar-refractivity contribution is 7.99. The Bertz CT molecular complexity index is 393. The van der Waals surface area contributed by atoms with Gasteiger partial charge in [0.25, 0.3) is 0 Å². The molecule has 0 saturated carbocycles. The number of thioether (sulfide) groups is 1. The van der Waals surface area contributed by atoms with Crippen molar-refractivity contribution in [2.45, 2.75) is 11.3 Å². The number of carbonyl (C=O) groups excluding carboxylic acids is 1. The number of hydrogen-bond acceptors (Lipinski definition) is 6. The van der Waals surface area contributed by atoms with Gasteiger partial charge in [-0.2, -0.15) is 4.37 Å². The lowest BCUT2D eigenvalue weighted by Crippen LogP contribution is -2.32. The third kappa shape index (κ3) is 2.25. The largest absolute Gasteiger partial charge is 0.382 e. The predicted molar refractivity (Wildman–Crippen MR) is 68.1 cm³/mol. The third-order valence-electron chi connectivity index (χ3n) is 2.41. The van der Waals surface area contributed by atoms with E-state index in [9.17, 15) is 4.79 Å². The molecule has 0 aromatic carbocycles. The van der Waals surface area contributed by atoms with E-state index >= 15 is 0 Å². The molecule has 1 fully saturated rings. The van der Waals surface area contributed by atoms with Crippen LogP contribution in [-0.4, -0.2) is 36.2 Å². The Balaban J connectivity index is 2.24. The van der Waals surface area contributed by atoms with Gasteiger partial charge in [-0.3, -0.25) is 4.79 Å². The topological polar surface area (TPSA) is 71.2 Å². The van der Waals surface area contributed by atoms with E-state index in [1.165, 1.54) is 11.5 Å². The highest BCUT2D eigenvalue weighted by Gasteiger charge is 2.21. The predicted octanol–water partition coefficient (Wildman–Crippen LogP) is 0.773. The van der Waals surface area contributed by atoms with Gasteiger partial charge >= 0.3 is 0 Å².